The minimum absolute atomic E-state index is 0.0742. The molecule has 0 aliphatic carbocycles. The number of para-hydroxylation sites is 1. The molecule has 0 unspecified atom stereocenters. The van der Waals surface area contributed by atoms with Crippen molar-refractivity contribution in [1.82, 2.24) is 9.97 Å². The van der Waals surface area contributed by atoms with Crippen LogP contribution < -0.4 is 4.74 Å². The molecule has 2 aromatic rings. The van der Waals surface area contributed by atoms with E-state index in [1.165, 1.54) is 6.20 Å². The van der Waals surface area contributed by atoms with Gasteiger partial charge in [0.05, 0.1) is 14.8 Å². The Hall–Kier alpha value is -1.70. The van der Waals surface area contributed by atoms with Crippen LogP contribution in [0, 0.1) is 10.5 Å². The minimum Gasteiger partial charge on any atom is -0.478 e. The summed E-state index contributed by atoms with van der Waals surface area (Å²) < 4.78 is 6.43. The molecule has 0 spiro atoms. The number of carbonyl (C=O) groups is 1. The van der Waals surface area contributed by atoms with Gasteiger partial charge in [-0.05, 0) is 41.6 Å². The van der Waals surface area contributed by atoms with Crippen LogP contribution in [0.4, 0.5) is 0 Å². The average Bonchev–Trinajstić information content (AvgIpc) is 2.32. The molecule has 0 saturated carbocycles. The van der Waals surface area contributed by atoms with Crippen molar-refractivity contribution in [3.8, 4) is 11.8 Å². The maximum atomic E-state index is 10.8. The van der Waals surface area contributed by atoms with Gasteiger partial charge in [0.1, 0.15) is 5.75 Å². The highest BCUT2D eigenvalue weighted by Crippen LogP contribution is 2.24. The van der Waals surface area contributed by atoms with Crippen molar-refractivity contribution in [2.75, 3.05) is 0 Å². The van der Waals surface area contributed by atoms with Gasteiger partial charge in [-0.3, -0.25) is 0 Å². The van der Waals surface area contributed by atoms with Gasteiger partial charge < -0.3 is 9.84 Å². The number of ether oxygens (including phenoxy) is 1. The number of benzene rings is 1. The predicted octanol–water partition coefficient (Wildman–Crippen LogP) is 2.88. The van der Waals surface area contributed by atoms with Crippen molar-refractivity contribution in [1.29, 1.82) is 0 Å². The largest absolute Gasteiger partial charge is 0.478 e. The van der Waals surface area contributed by atoms with Crippen LogP contribution in [0.2, 0.25) is 0 Å². The summed E-state index contributed by atoms with van der Waals surface area (Å²) in [6.45, 7) is 1.61. The summed E-state index contributed by atoms with van der Waals surface area (Å²) in [5.41, 5.74) is 0.448. The third-order valence-corrected chi connectivity index (χ3v) is 3.12. The van der Waals surface area contributed by atoms with Gasteiger partial charge in [0.2, 0.25) is 0 Å². The van der Waals surface area contributed by atoms with Crippen LogP contribution in [0.1, 0.15) is 16.1 Å². The van der Waals surface area contributed by atoms with Crippen LogP contribution >= 0.6 is 22.6 Å². The summed E-state index contributed by atoms with van der Waals surface area (Å²) in [5.74, 6) is -0.408. The molecule has 0 saturated heterocycles. The fraction of sp³-hybridized carbons (Fsp3) is 0.0833. The molecule has 92 valence electrons. The third-order valence-electron chi connectivity index (χ3n) is 2.23. The molecule has 1 aromatic heterocycles. The number of nitrogens with zero attached hydrogens (tertiary/aromatic N) is 2. The van der Waals surface area contributed by atoms with E-state index in [-0.39, 0.29) is 11.6 Å². The SMILES string of the molecule is Cc1nc(Oc2ccccc2I)ncc1C(=O)O. The van der Waals surface area contributed by atoms with Crippen LogP contribution in [0.25, 0.3) is 0 Å². The molecule has 1 heterocycles. The monoisotopic (exact) mass is 356 g/mol. The van der Waals surface area contributed by atoms with Gasteiger partial charge in [-0.2, -0.15) is 4.98 Å². The highest BCUT2D eigenvalue weighted by atomic mass is 127. The van der Waals surface area contributed by atoms with Gasteiger partial charge in [-0.15, -0.1) is 0 Å². The Bertz CT molecular complexity index is 602. The molecule has 0 fully saturated rings. The summed E-state index contributed by atoms with van der Waals surface area (Å²) in [6.07, 6.45) is 1.25. The van der Waals surface area contributed by atoms with Gasteiger partial charge in [-0.25, -0.2) is 9.78 Å². The van der Waals surface area contributed by atoms with Crippen molar-refractivity contribution < 1.29 is 14.6 Å². The van der Waals surface area contributed by atoms with E-state index in [1.54, 1.807) is 13.0 Å². The van der Waals surface area contributed by atoms with Gasteiger partial charge in [0.15, 0.2) is 0 Å². The molecule has 1 N–H and O–H groups in total. The number of rotatable bonds is 3. The fourth-order valence-corrected chi connectivity index (χ4v) is 1.83. The zero-order valence-corrected chi connectivity index (χ0v) is 11.6. The number of aromatic carboxylic acids is 1. The molecule has 0 radical (unpaired) electrons. The average molecular weight is 356 g/mol. The second-order valence-corrected chi connectivity index (χ2v) is 4.65. The van der Waals surface area contributed by atoms with Crippen LogP contribution in [0.5, 0.6) is 11.8 Å². The first-order valence-electron chi connectivity index (χ1n) is 5.07. The molecular weight excluding hydrogens is 347 g/mol. The summed E-state index contributed by atoms with van der Waals surface area (Å²) in [6, 6.07) is 7.58. The summed E-state index contributed by atoms with van der Waals surface area (Å²) >= 11 is 2.14. The number of hydrogen-bond donors (Lipinski definition) is 1. The van der Waals surface area contributed by atoms with Crippen molar-refractivity contribution in [3.63, 3.8) is 0 Å². The smallest absolute Gasteiger partial charge is 0.339 e. The molecule has 5 nitrogen and oxygen atoms in total. The molecule has 18 heavy (non-hydrogen) atoms. The quantitative estimate of drug-likeness (QED) is 0.857. The molecule has 0 aliphatic heterocycles. The Morgan fingerprint density at radius 1 is 1.39 bits per heavy atom. The molecule has 0 amide bonds. The van der Waals surface area contributed by atoms with E-state index >= 15 is 0 Å². The highest BCUT2D eigenvalue weighted by molar-refractivity contribution is 14.1. The first-order chi connectivity index (χ1) is 8.58. The Morgan fingerprint density at radius 2 is 2.11 bits per heavy atom. The highest BCUT2D eigenvalue weighted by Gasteiger charge is 2.11. The predicted molar refractivity (Wildman–Crippen MR) is 73.0 cm³/mol. The van der Waals surface area contributed by atoms with E-state index in [4.69, 9.17) is 9.84 Å². The lowest BCUT2D eigenvalue weighted by Crippen LogP contribution is -2.04. The zero-order valence-electron chi connectivity index (χ0n) is 9.42. The Kier molecular flexibility index (Phi) is 3.75. The second-order valence-electron chi connectivity index (χ2n) is 3.49. The standard InChI is InChI=1S/C12H9IN2O3/c1-7-8(11(16)17)6-14-12(15-7)18-10-5-3-2-4-9(10)13/h2-6H,1H3,(H,16,17). The first-order valence-corrected chi connectivity index (χ1v) is 6.15. The molecule has 0 atom stereocenters. The Labute approximate surface area is 117 Å². The topological polar surface area (TPSA) is 72.3 Å². The third kappa shape index (κ3) is 2.76. The molecule has 1 aromatic carbocycles. The molecule has 2 rings (SSSR count). The second kappa shape index (κ2) is 5.30. The van der Waals surface area contributed by atoms with Crippen molar-refractivity contribution in [3.05, 3.63) is 45.3 Å². The summed E-state index contributed by atoms with van der Waals surface area (Å²) in [5, 5.41) is 8.87. The number of aryl methyl sites for hydroxylation is 1. The van der Waals surface area contributed by atoms with Crippen LogP contribution in [0.3, 0.4) is 0 Å². The van der Waals surface area contributed by atoms with E-state index in [2.05, 4.69) is 32.6 Å². The number of carboxylic acids is 1. The lowest BCUT2D eigenvalue weighted by Gasteiger charge is -2.06. The van der Waals surface area contributed by atoms with E-state index in [9.17, 15) is 4.79 Å². The lowest BCUT2D eigenvalue weighted by molar-refractivity contribution is 0.0695. The van der Waals surface area contributed by atoms with Gasteiger partial charge in [-0.1, -0.05) is 12.1 Å². The molecule has 6 heteroatoms. The fourth-order valence-electron chi connectivity index (χ4n) is 1.33. The Morgan fingerprint density at radius 3 is 2.72 bits per heavy atom. The van der Waals surface area contributed by atoms with Crippen LogP contribution in [-0.4, -0.2) is 21.0 Å². The maximum Gasteiger partial charge on any atom is 0.339 e. The van der Waals surface area contributed by atoms with Crippen molar-refractivity contribution >= 4 is 28.6 Å². The van der Waals surface area contributed by atoms with Gasteiger partial charge in [0, 0.05) is 6.20 Å². The van der Waals surface area contributed by atoms with E-state index in [0.29, 0.717) is 11.4 Å². The van der Waals surface area contributed by atoms with E-state index in [0.717, 1.165) is 3.57 Å². The minimum atomic E-state index is -1.05. The van der Waals surface area contributed by atoms with Crippen LogP contribution in [0.15, 0.2) is 30.5 Å². The van der Waals surface area contributed by atoms with E-state index < -0.39 is 5.97 Å². The van der Waals surface area contributed by atoms with Crippen LogP contribution in [-0.2, 0) is 0 Å². The number of hydrogen-bond acceptors (Lipinski definition) is 4. The summed E-state index contributed by atoms with van der Waals surface area (Å²) in [4.78, 5) is 18.7. The maximum absolute atomic E-state index is 10.8. The molecule has 0 bridgehead atoms. The number of carboxylic acid groups (broad SMARTS) is 1. The van der Waals surface area contributed by atoms with Crippen molar-refractivity contribution in [2.45, 2.75) is 6.92 Å². The first kappa shape index (κ1) is 12.7. The van der Waals surface area contributed by atoms with Crippen molar-refractivity contribution in [2.24, 2.45) is 0 Å². The zero-order chi connectivity index (χ0) is 13.1. The normalized spacial score (nSPS) is 10.1. The molecule has 0 aliphatic rings. The van der Waals surface area contributed by atoms with Gasteiger partial charge >= 0.3 is 12.0 Å². The number of halogens is 1. The van der Waals surface area contributed by atoms with E-state index in [1.807, 2.05) is 18.2 Å². The number of aromatic nitrogens is 2. The lowest BCUT2D eigenvalue weighted by atomic mass is 10.2. The molecular formula is C12H9IN2O3. The Balaban J connectivity index is 2.29. The van der Waals surface area contributed by atoms with Gasteiger partial charge in [0.25, 0.3) is 0 Å². The summed E-state index contributed by atoms with van der Waals surface area (Å²) in [7, 11) is 0.